The minimum Gasteiger partial charge on any atom is -0.490 e. The van der Waals surface area contributed by atoms with Gasteiger partial charge in [-0.2, -0.15) is 5.10 Å². The summed E-state index contributed by atoms with van der Waals surface area (Å²) in [7, 11) is 0. The third kappa shape index (κ3) is 7.94. The molecule has 172 valence electrons. The first-order valence-electron chi connectivity index (χ1n) is 10.9. The molecule has 0 aliphatic heterocycles. The molecule has 0 heterocycles. The van der Waals surface area contributed by atoms with Gasteiger partial charge in [-0.25, -0.2) is 5.43 Å². The summed E-state index contributed by atoms with van der Waals surface area (Å²) in [6, 6.07) is 11.8. The Morgan fingerprint density at radius 2 is 1.94 bits per heavy atom. The van der Waals surface area contributed by atoms with Crippen LogP contribution in [-0.2, 0) is 11.4 Å². The second kappa shape index (κ2) is 13.0. The van der Waals surface area contributed by atoms with E-state index >= 15 is 0 Å². The van der Waals surface area contributed by atoms with Crippen molar-refractivity contribution in [2.75, 3.05) is 13.2 Å². The van der Waals surface area contributed by atoms with Gasteiger partial charge in [-0.15, -0.1) is 0 Å². The first-order chi connectivity index (χ1) is 15.5. The smallest absolute Gasteiger partial charge is 0.254 e. The zero-order valence-corrected chi connectivity index (χ0v) is 21.1. The summed E-state index contributed by atoms with van der Waals surface area (Å²) in [6.45, 7) is 3.12. The van der Waals surface area contributed by atoms with Crippen LogP contribution in [0.3, 0.4) is 0 Å². The molecule has 1 aliphatic carbocycles. The first-order valence-corrected chi connectivity index (χ1v) is 12.4. The normalized spacial score (nSPS) is 14.5. The summed E-state index contributed by atoms with van der Waals surface area (Å²) in [5.41, 5.74) is 4.42. The van der Waals surface area contributed by atoms with E-state index in [1.807, 2.05) is 43.3 Å². The number of benzene rings is 2. The molecular formula is C24H29ClIN3O3. The van der Waals surface area contributed by atoms with Gasteiger partial charge in [0.2, 0.25) is 0 Å². The zero-order chi connectivity index (χ0) is 22.8. The minimum atomic E-state index is -0.144. The molecular weight excluding hydrogens is 541 g/mol. The molecule has 0 unspecified atom stereocenters. The van der Waals surface area contributed by atoms with Gasteiger partial charge in [0.25, 0.3) is 5.91 Å². The number of hydrogen-bond acceptors (Lipinski definition) is 5. The van der Waals surface area contributed by atoms with E-state index in [2.05, 4.69) is 38.4 Å². The highest BCUT2D eigenvalue weighted by atomic mass is 127. The van der Waals surface area contributed by atoms with Crippen LogP contribution in [-0.4, -0.2) is 31.3 Å². The molecule has 0 bridgehead atoms. The fraction of sp³-hybridized carbons (Fsp3) is 0.417. The number of hydrazone groups is 1. The summed E-state index contributed by atoms with van der Waals surface area (Å²) in [5.74, 6) is 1.18. The van der Waals surface area contributed by atoms with Crippen molar-refractivity contribution >= 4 is 46.3 Å². The van der Waals surface area contributed by atoms with Gasteiger partial charge in [0.15, 0.2) is 11.5 Å². The fourth-order valence-corrected chi connectivity index (χ4v) is 4.47. The van der Waals surface area contributed by atoms with E-state index in [1.165, 1.54) is 19.3 Å². The maximum absolute atomic E-state index is 12.1. The minimum absolute atomic E-state index is 0.144. The van der Waals surface area contributed by atoms with Crippen LogP contribution < -0.4 is 20.2 Å². The summed E-state index contributed by atoms with van der Waals surface area (Å²) in [4.78, 5) is 12.1. The quantitative estimate of drug-likeness (QED) is 0.232. The molecule has 2 aromatic rings. The molecule has 32 heavy (non-hydrogen) atoms. The number of nitrogens with zero attached hydrogens (tertiary/aromatic N) is 1. The van der Waals surface area contributed by atoms with Gasteiger partial charge in [0, 0.05) is 11.1 Å². The van der Waals surface area contributed by atoms with Crippen LogP contribution in [0.2, 0.25) is 5.02 Å². The monoisotopic (exact) mass is 569 g/mol. The van der Waals surface area contributed by atoms with E-state index in [0.717, 1.165) is 27.5 Å². The maximum atomic E-state index is 12.1. The SMILES string of the molecule is CCOc1cc(/C=N\NC(=O)CNC2CCCCC2)cc(I)c1OCc1ccc(Cl)cc1. The predicted octanol–water partition coefficient (Wildman–Crippen LogP) is 5.29. The molecule has 1 amide bonds. The van der Waals surface area contributed by atoms with E-state index in [4.69, 9.17) is 21.1 Å². The Hall–Kier alpha value is -1.84. The van der Waals surface area contributed by atoms with E-state index in [9.17, 15) is 4.79 Å². The number of carbonyl (C=O) groups is 1. The van der Waals surface area contributed by atoms with Crippen molar-refractivity contribution in [3.05, 3.63) is 56.1 Å². The fourth-order valence-electron chi connectivity index (χ4n) is 3.56. The van der Waals surface area contributed by atoms with Gasteiger partial charge >= 0.3 is 0 Å². The van der Waals surface area contributed by atoms with Crippen LogP contribution in [0.4, 0.5) is 0 Å². The summed E-state index contributed by atoms with van der Waals surface area (Å²) < 4.78 is 12.7. The van der Waals surface area contributed by atoms with Crippen LogP contribution in [0.1, 0.15) is 50.2 Å². The van der Waals surface area contributed by atoms with E-state index < -0.39 is 0 Å². The van der Waals surface area contributed by atoms with E-state index in [0.29, 0.717) is 35.8 Å². The third-order valence-electron chi connectivity index (χ3n) is 5.19. The van der Waals surface area contributed by atoms with Crippen LogP contribution >= 0.6 is 34.2 Å². The van der Waals surface area contributed by atoms with E-state index in [1.54, 1.807) is 6.21 Å². The Morgan fingerprint density at radius 3 is 2.66 bits per heavy atom. The highest BCUT2D eigenvalue weighted by Crippen LogP contribution is 2.34. The van der Waals surface area contributed by atoms with Crippen LogP contribution in [0.25, 0.3) is 0 Å². The van der Waals surface area contributed by atoms with Crippen molar-refractivity contribution in [2.45, 2.75) is 51.7 Å². The molecule has 0 atom stereocenters. The van der Waals surface area contributed by atoms with Crippen molar-refractivity contribution in [2.24, 2.45) is 5.10 Å². The van der Waals surface area contributed by atoms with Gasteiger partial charge in [-0.05, 0) is 77.7 Å². The largest absolute Gasteiger partial charge is 0.490 e. The summed E-state index contributed by atoms with van der Waals surface area (Å²) in [5, 5.41) is 8.11. The summed E-state index contributed by atoms with van der Waals surface area (Å²) >= 11 is 8.17. The van der Waals surface area contributed by atoms with Gasteiger partial charge in [-0.1, -0.05) is 43.0 Å². The Kier molecular flexibility index (Phi) is 10.1. The second-order valence-corrected chi connectivity index (χ2v) is 9.29. The number of carbonyl (C=O) groups excluding carboxylic acids is 1. The molecule has 0 aromatic heterocycles. The average Bonchev–Trinajstić information content (AvgIpc) is 2.79. The average molecular weight is 570 g/mol. The van der Waals surface area contributed by atoms with Crippen molar-refractivity contribution in [3.8, 4) is 11.5 Å². The lowest BCUT2D eigenvalue weighted by Gasteiger charge is -2.22. The molecule has 1 saturated carbocycles. The highest BCUT2D eigenvalue weighted by Gasteiger charge is 2.14. The number of rotatable bonds is 10. The van der Waals surface area contributed by atoms with Crippen molar-refractivity contribution in [1.82, 2.24) is 10.7 Å². The molecule has 1 fully saturated rings. The van der Waals surface area contributed by atoms with E-state index in [-0.39, 0.29) is 12.5 Å². The van der Waals surface area contributed by atoms with Gasteiger partial charge < -0.3 is 14.8 Å². The Balaban J connectivity index is 1.57. The Morgan fingerprint density at radius 1 is 1.19 bits per heavy atom. The van der Waals surface area contributed by atoms with Gasteiger partial charge in [0.1, 0.15) is 6.61 Å². The van der Waals surface area contributed by atoms with Gasteiger partial charge in [-0.3, -0.25) is 4.79 Å². The lowest BCUT2D eigenvalue weighted by Crippen LogP contribution is -2.38. The molecule has 0 radical (unpaired) electrons. The number of amides is 1. The molecule has 2 aromatic carbocycles. The molecule has 0 saturated heterocycles. The first kappa shape index (κ1) is 24.8. The van der Waals surface area contributed by atoms with Crippen molar-refractivity contribution < 1.29 is 14.3 Å². The molecule has 2 N–H and O–H groups in total. The van der Waals surface area contributed by atoms with Crippen molar-refractivity contribution in [3.63, 3.8) is 0 Å². The Bertz CT molecular complexity index is 915. The molecule has 3 rings (SSSR count). The van der Waals surface area contributed by atoms with Crippen LogP contribution in [0.15, 0.2) is 41.5 Å². The number of nitrogens with one attached hydrogen (secondary N) is 2. The number of halogens is 2. The topological polar surface area (TPSA) is 72.0 Å². The standard InChI is InChI=1S/C24H29ClIN3O3/c1-2-31-22-13-18(14-28-29-23(30)15-27-20-6-4-3-5-7-20)12-21(26)24(22)32-16-17-8-10-19(25)11-9-17/h8-14,20,27H,2-7,15-16H2,1H3,(H,29,30)/b28-14-. The van der Waals surface area contributed by atoms with Gasteiger partial charge in [0.05, 0.1) is 22.9 Å². The highest BCUT2D eigenvalue weighted by molar-refractivity contribution is 14.1. The number of hydrogen-bond donors (Lipinski definition) is 2. The maximum Gasteiger partial charge on any atom is 0.254 e. The number of ether oxygens (including phenoxy) is 2. The van der Waals surface area contributed by atoms with Crippen LogP contribution in [0, 0.1) is 3.57 Å². The van der Waals surface area contributed by atoms with Crippen molar-refractivity contribution in [1.29, 1.82) is 0 Å². The molecule has 6 nitrogen and oxygen atoms in total. The lowest BCUT2D eigenvalue weighted by molar-refractivity contribution is -0.120. The van der Waals surface area contributed by atoms with Crippen LogP contribution in [0.5, 0.6) is 11.5 Å². The third-order valence-corrected chi connectivity index (χ3v) is 6.24. The Labute approximate surface area is 208 Å². The zero-order valence-electron chi connectivity index (χ0n) is 18.2. The predicted molar refractivity (Wildman–Crippen MR) is 137 cm³/mol. The summed E-state index contributed by atoms with van der Waals surface area (Å²) in [6.07, 6.45) is 7.66. The lowest BCUT2D eigenvalue weighted by atomic mass is 9.95. The molecule has 1 aliphatic rings. The molecule has 8 heteroatoms. The molecule has 0 spiro atoms. The second-order valence-electron chi connectivity index (χ2n) is 7.69.